The molecule has 1 N–H and O–H groups in total. The highest BCUT2D eigenvalue weighted by Crippen LogP contribution is 2.18. The quantitative estimate of drug-likeness (QED) is 0.586. The highest BCUT2D eigenvalue weighted by molar-refractivity contribution is 7.85. The summed E-state index contributed by atoms with van der Waals surface area (Å²) in [5.74, 6) is -0.196. The van der Waals surface area contributed by atoms with E-state index in [9.17, 15) is 17.8 Å². The number of hydrogen-bond donors (Lipinski definition) is 1. The van der Waals surface area contributed by atoms with Crippen molar-refractivity contribution in [2.45, 2.75) is 5.16 Å². The number of aromatic amines is 1. The second kappa shape index (κ2) is 4.80. The third-order valence-electron chi connectivity index (χ3n) is 3.00. The van der Waals surface area contributed by atoms with Crippen LogP contribution in [0, 0.1) is 0 Å². The number of hydrogen-bond acceptors (Lipinski definition) is 5. The molecule has 0 atom stereocenters. The summed E-state index contributed by atoms with van der Waals surface area (Å²) in [4.78, 5) is 18.4. The molecule has 1 aromatic heterocycles. The summed E-state index contributed by atoms with van der Waals surface area (Å²) in [7, 11) is -4.65. The molecule has 0 saturated carbocycles. The number of nitrogens with zero attached hydrogens (tertiary/aromatic N) is 1. The Balaban J connectivity index is 2.07. The minimum absolute atomic E-state index is 0.196. The van der Waals surface area contributed by atoms with Crippen LogP contribution in [-0.2, 0) is 10.1 Å². The largest absolute Gasteiger partial charge is 0.742 e. The Morgan fingerprint density at radius 2 is 1.76 bits per heavy atom. The van der Waals surface area contributed by atoms with E-state index < -0.39 is 15.3 Å². The highest BCUT2D eigenvalue weighted by Gasteiger charge is 2.12. The van der Waals surface area contributed by atoms with Gasteiger partial charge in [0.25, 0.3) is 0 Å². The summed E-state index contributed by atoms with van der Waals surface area (Å²) in [5.41, 5.74) is 1.54. The van der Waals surface area contributed by atoms with Gasteiger partial charge in [0.05, 0.1) is 11.0 Å². The van der Waals surface area contributed by atoms with Crippen molar-refractivity contribution in [1.29, 1.82) is 0 Å². The number of benzene rings is 2. The van der Waals surface area contributed by atoms with Gasteiger partial charge in [0, 0.05) is 11.1 Å². The standard InChI is InChI=1S/C14H10N2O4S/c17-13(9-4-2-1-3-5-9)10-6-7-11-12(8-10)16-14(15-11)21(18,19)20/h1-8H,(H,15,16)(H,18,19,20)/p-1. The maximum absolute atomic E-state index is 12.3. The van der Waals surface area contributed by atoms with Crippen LogP contribution in [0.15, 0.2) is 53.7 Å². The fraction of sp³-hybridized carbons (Fsp3) is 0. The Morgan fingerprint density at radius 1 is 1.05 bits per heavy atom. The van der Waals surface area contributed by atoms with Crippen LogP contribution in [0.2, 0.25) is 0 Å². The van der Waals surface area contributed by atoms with E-state index >= 15 is 0 Å². The molecule has 106 valence electrons. The van der Waals surface area contributed by atoms with Gasteiger partial charge < -0.3 is 9.54 Å². The highest BCUT2D eigenvalue weighted by atomic mass is 32.2. The third-order valence-corrected chi connectivity index (χ3v) is 3.66. The summed E-state index contributed by atoms with van der Waals surface area (Å²) < 4.78 is 32.8. The first-order chi connectivity index (χ1) is 9.95. The molecule has 0 radical (unpaired) electrons. The van der Waals surface area contributed by atoms with E-state index in [0.717, 1.165) is 0 Å². The second-order valence-electron chi connectivity index (χ2n) is 4.42. The van der Waals surface area contributed by atoms with Gasteiger partial charge in [0.15, 0.2) is 15.9 Å². The van der Waals surface area contributed by atoms with Crippen molar-refractivity contribution in [3.05, 3.63) is 59.7 Å². The molecule has 0 bridgehead atoms. The molecule has 0 fully saturated rings. The van der Waals surface area contributed by atoms with Crippen LogP contribution >= 0.6 is 0 Å². The maximum Gasteiger partial charge on any atom is 0.213 e. The first-order valence-corrected chi connectivity index (χ1v) is 7.41. The predicted molar refractivity (Wildman–Crippen MR) is 73.9 cm³/mol. The van der Waals surface area contributed by atoms with E-state index in [2.05, 4.69) is 9.97 Å². The van der Waals surface area contributed by atoms with Gasteiger partial charge in [-0.2, -0.15) is 0 Å². The Labute approximate surface area is 120 Å². The van der Waals surface area contributed by atoms with Gasteiger partial charge in [-0.05, 0) is 18.2 Å². The lowest BCUT2D eigenvalue weighted by Gasteiger charge is -2.01. The molecule has 0 aliphatic rings. The zero-order chi connectivity index (χ0) is 15.0. The molecule has 0 aliphatic carbocycles. The number of ketones is 1. The molecular formula is C14H9N2O4S-. The zero-order valence-electron chi connectivity index (χ0n) is 10.6. The second-order valence-corrected chi connectivity index (χ2v) is 5.72. The summed E-state index contributed by atoms with van der Waals surface area (Å²) in [5, 5.41) is -0.651. The first-order valence-electron chi connectivity index (χ1n) is 6.00. The van der Waals surface area contributed by atoms with Crippen LogP contribution in [0.4, 0.5) is 0 Å². The number of carbonyl (C=O) groups is 1. The van der Waals surface area contributed by atoms with E-state index in [4.69, 9.17) is 0 Å². The van der Waals surface area contributed by atoms with Gasteiger partial charge in [-0.25, -0.2) is 13.4 Å². The van der Waals surface area contributed by atoms with E-state index in [1.54, 1.807) is 36.4 Å². The molecular weight excluding hydrogens is 292 g/mol. The molecule has 3 aromatic rings. The number of carbonyl (C=O) groups excluding carboxylic acids is 1. The van der Waals surface area contributed by atoms with Gasteiger partial charge in [-0.15, -0.1) is 0 Å². The number of rotatable bonds is 3. The Morgan fingerprint density at radius 3 is 2.43 bits per heavy atom. The molecule has 0 aliphatic heterocycles. The van der Waals surface area contributed by atoms with Crippen LogP contribution in [0.25, 0.3) is 11.0 Å². The fourth-order valence-electron chi connectivity index (χ4n) is 2.00. The lowest BCUT2D eigenvalue weighted by atomic mass is 10.0. The van der Waals surface area contributed by atoms with E-state index in [1.807, 2.05) is 0 Å². The van der Waals surface area contributed by atoms with Gasteiger partial charge in [-0.1, -0.05) is 30.3 Å². The molecule has 6 nitrogen and oxygen atoms in total. The fourth-order valence-corrected chi connectivity index (χ4v) is 2.45. The normalized spacial score (nSPS) is 11.7. The van der Waals surface area contributed by atoms with Crippen molar-refractivity contribution in [3.63, 3.8) is 0 Å². The number of nitrogens with one attached hydrogen (secondary N) is 1. The number of fused-ring (bicyclic) bond motifs is 1. The Kier molecular flexibility index (Phi) is 3.08. The van der Waals surface area contributed by atoms with E-state index in [-0.39, 0.29) is 5.78 Å². The summed E-state index contributed by atoms with van der Waals surface area (Å²) in [6.07, 6.45) is 0. The lowest BCUT2D eigenvalue weighted by molar-refractivity contribution is 0.103. The van der Waals surface area contributed by atoms with Crippen LogP contribution in [0.3, 0.4) is 0 Å². The van der Waals surface area contributed by atoms with Gasteiger partial charge in [0.1, 0.15) is 0 Å². The number of H-pyrrole nitrogens is 1. The molecule has 7 heteroatoms. The van der Waals surface area contributed by atoms with E-state index in [0.29, 0.717) is 22.2 Å². The van der Waals surface area contributed by atoms with Gasteiger partial charge in [-0.3, -0.25) is 4.79 Å². The van der Waals surface area contributed by atoms with Crippen molar-refractivity contribution in [1.82, 2.24) is 9.97 Å². The minimum atomic E-state index is -4.65. The third kappa shape index (κ3) is 2.56. The van der Waals surface area contributed by atoms with Crippen molar-refractivity contribution >= 4 is 26.9 Å². The maximum atomic E-state index is 12.3. The molecule has 0 amide bonds. The summed E-state index contributed by atoms with van der Waals surface area (Å²) >= 11 is 0. The lowest BCUT2D eigenvalue weighted by Crippen LogP contribution is -2.00. The van der Waals surface area contributed by atoms with E-state index in [1.165, 1.54) is 12.1 Å². The van der Waals surface area contributed by atoms with Crippen LogP contribution < -0.4 is 0 Å². The average molecular weight is 301 g/mol. The molecule has 0 saturated heterocycles. The first kappa shape index (κ1) is 13.5. The molecule has 1 heterocycles. The van der Waals surface area contributed by atoms with Crippen LogP contribution in [-0.4, -0.2) is 28.7 Å². The summed E-state index contributed by atoms with van der Waals surface area (Å²) in [6.45, 7) is 0. The van der Waals surface area contributed by atoms with Crippen molar-refractivity contribution in [2.24, 2.45) is 0 Å². The molecule has 3 rings (SSSR count). The molecule has 0 unspecified atom stereocenters. The Bertz CT molecular complexity index is 930. The zero-order valence-corrected chi connectivity index (χ0v) is 11.4. The smallest absolute Gasteiger partial charge is 0.213 e. The predicted octanol–water partition coefficient (Wildman–Crippen LogP) is 1.70. The Hall–Kier alpha value is -2.51. The SMILES string of the molecule is O=C(c1ccccc1)c1ccc2nc(S(=O)(=O)[O-])[nH]c2c1. The molecule has 2 aromatic carbocycles. The minimum Gasteiger partial charge on any atom is -0.742 e. The summed E-state index contributed by atoms with van der Waals surface area (Å²) in [6, 6.07) is 13.2. The average Bonchev–Trinajstić information content (AvgIpc) is 2.90. The van der Waals surface area contributed by atoms with Gasteiger partial charge >= 0.3 is 0 Å². The molecule has 0 spiro atoms. The van der Waals surface area contributed by atoms with Gasteiger partial charge in [0.2, 0.25) is 5.16 Å². The number of aromatic nitrogens is 2. The van der Waals surface area contributed by atoms with Crippen LogP contribution in [0.5, 0.6) is 0 Å². The van der Waals surface area contributed by atoms with Crippen molar-refractivity contribution in [3.8, 4) is 0 Å². The number of imidazole rings is 1. The van der Waals surface area contributed by atoms with Crippen LogP contribution in [0.1, 0.15) is 15.9 Å². The monoisotopic (exact) mass is 301 g/mol. The van der Waals surface area contributed by atoms with Crippen molar-refractivity contribution < 1.29 is 17.8 Å². The van der Waals surface area contributed by atoms with Crippen molar-refractivity contribution in [2.75, 3.05) is 0 Å². The topological polar surface area (TPSA) is 103 Å². The molecule has 21 heavy (non-hydrogen) atoms.